The van der Waals surface area contributed by atoms with Crippen LogP contribution in [0.2, 0.25) is 0 Å². The van der Waals surface area contributed by atoms with Crippen molar-refractivity contribution in [2.24, 2.45) is 0 Å². The minimum atomic E-state index is -0.0349. The van der Waals surface area contributed by atoms with Gasteiger partial charge in [-0.15, -0.1) is 0 Å². The molecule has 1 aliphatic rings. The average Bonchev–Trinajstić information content (AvgIpc) is 3.24. The number of carbonyl (C=O) groups is 1. The minimum absolute atomic E-state index is 0.0349. The van der Waals surface area contributed by atoms with Crippen LogP contribution < -0.4 is 0 Å². The Morgan fingerprint density at radius 3 is 2.48 bits per heavy atom. The normalized spacial score (nSPS) is 16.4. The predicted molar refractivity (Wildman–Crippen MR) is 121 cm³/mol. The van der Waals surface area contributed by atoms with Gasteiger partial charge in [-0.05, 0) is 64.2 Å². The molecule has 4 rings (SSSR count). The van der Waals surface area contributed by atoms with Gasteiger partial charge in [-0.2, -0.15) is 10.4 Å². The highest BCUT2D eigenvalue weighted by Gasteiger charge is 2.28. The van der Waals surface area contributed by atoms with E-state index in [9.17, 15) is 4.79 Å². The van der Waals surface area contributed by atoms with Crippen LogP contribution in [0.5, 0.6) is 0 Å². The summed E-state index contributed by atoms with van der Waals surface area (Å²) in [5.41, 5.74) is 4.85. The second-order valence-electron chi connectivity index (χ2n) is 8.36. The molecule has 6 nitrogen and oxygen atoms in total. The van der Waals surface area contributed by atoms with Gasteiger partial charge in [-0.1, -0.05) is 29.8 Å². The number of nitriles is 1. The van der Waals surface area contributed by atoms with Gasteiger partial charge in [0, 0.05) is 24.7 Å². The molecule has 158 valence electrons. The first-order chi connectivity index (χ1) is 15.0. The Kier molecular flexibility index (Phi) is 5.88. The molecule has 1 atom stereocenters. The molecule has 1 fully saturated rings. The number of hydrogen-bond acceptors (Lipinski definition) is 4. The molecule has 1 aromatic heterocycles. The van der Waals surface area contributed by atoms with E-state index in [0.717, 1.165) is 48.4 Å². The highest BCUT2D eigenvalue weighted by molar-refractivity contribution is 5.93. The summed E-state index contributed by atoms with van der Waals surface area (Å²) in [6.45, 7) is 3.52. The van der Waals surface area contributed by atoms with Crippen molar-refractivity contribution >= 4 is 5.91 Å². The number of aromatic nitrogens is 2. The third-order valence-electron chi connectivity index (χ3n) is 5.93. The Morgan fingerprint density at radius 1 is 1.13 bits per heavy atom. The first-order valence-corrected chi connectivity index (χ1v) is 10.6. The van der Waals surface area contributed by atoms with Crippen molar-refractivity contribution < 1.29 is 4.79 Å². The van der Waals surface area contributed by atoms with Crippen LogP contribution in [0.15, 0.2) is 54.6 Å². The summed E-state index contributed by atoms with van der Waals surface area (Å²) in [6, 6.07) is 19.8. The number of piperidine rings is 1. The van der Waals surface area contributed by atoms with Crippen molar-refractivity contribution in [3.8, 4) is 23.0 Å². The molecular weight excluding hydrogens is 386 g/mol. The van der Waals surface area contributed by atoms with Gasteiger partial charge in [0.1, 0.15) is 0 Å². The van der Waals surface area contributed by atoms with Gasteiger partial charge < -0.3 is 9.80 Å². The highest BCUT2D eigenvalue weighted by atomic mass is 16.2. The van der Waals surface area contributed by atoms with E-state index in [1.165, 1.54) is 0 Å². The molecule has 3 aromatic rings. The lowest BCUT2D eigenvalue weighted by molar-refractivity contribution is 0.0629. The van der Waals surface area contributed by atoms with Crippen LogP contribution in [0.4, 0.5) is 0 Å². The number of rotatable bonds is 4. The maximum Gasteiger partial charge on any atom is 0.274 e. The van der Waals surface area contributed by atoms with Crippen molar-refractivity contribution in [2.45, 2.75) is 25.8 Å². The molecular formula is C25H27N5O. The lowest BCUT2D eigenvalue weighted by atomic mass is 10.0. The number of aryl methyl sites for hydroxylation is 1. The van der Waals surface area contributed by atoms with Crippen molar-refractivity contribution in [1.82, 2.24) is 19.6 Å². The number of benzene rings is 2. The molecule has 31 heavy (non-hydrogen) atoms. The molecule has 0 spiro atoms. The highest BCUT2D eigenvalue weighted by Crippen LogP contribution is 2.26. The van der Waals surface area contributed by atoms with Gasteiger partial charge >= 0.3 is 0 Å². The van der Waals surface area contributed by atoms with E-state index in [1.54, 1.807) is 12.1 Å². The zero-order valence-corrected chi connectivity index (χ0v) is 18.2. The fourth-order valence-corrected chi connectivity index (χ4v) is 4.01. The Hall–Kier alpha value is -3.43. The lowest BCUT2D eigenvalue weighted by Gasteiger charge is -2.35. The topological polar surface area (TPSA) is 65.2 Å². The van der Waals surface area contributed by atoms with Crippen LogP contribution in [0.25, 0.3) is 16.9 Å². The zero-order valence-electron chi connectivity index (χ0n) is 18.2. The van der Waals surface area contributed by atoms with Crippen LogP contribution in [0, 0.1) is 18.3 Å². The van der Waals surface area contributed by atoms with Crippen LogP contribution in [-0.2, 0) is 0 Å². The number of likely N-dealkylation sites (N-methyl/N-ethyl adjacent to an activating group) is 1. The van der Waals surface area contributed by atoms with Gasteiger partial charge in [-0.25, -0.2) is 4.68 Å². The Bertz CT molecular complexity index is 1110. The van der Waals surface area contributed by atoms with Crippen molar-refractivity contribution in [3.05, 3.63) is 71.4 Å². The minimum Gasteiger partial charge on any atom is -0.336 e. The lowest BCUT2D eigenvalue weighted by Crippen LogP contribution is -2.47. The zero-order chi connectivity index (χ0) is 22.0. The van der Waals surface area contributed by atoms with Gasteiger partial charge in [-0.3, -0.25) is 4.79 Å². The second kappa shape index (κ2) is 8.75. The van der Waals surface area contributed by atoms with Gasteiger partial charge in [0.15, 0.2) is 5.69 Å². The number of hydrogen-bond donors (Lipinski definition) is 0. The summed E-state index contributed by atoms with van der Waals surface area (Å²) >= 11 is 0. The number of carbonyl (C=O) groups excluding carboxylic acids is 1. The fraction of sp³-hybridized carbons (Fsp3) is 0.320. The standard InChI is InChI=1S/C25H27N5O/c1-18-6-12-21(13-7-18)30-24(20-10-8-19(16-26)9-11-20)15-23(27-30)25(31)29-14-4-5-22(17-29)28(2)3/h6-13,15,22H,4-5,14,17H2,1-3H3/t22-/m1/s1. The van der Waals surface area contributed by atoms with Crippen molar-refractivity contribution in [2.75, 3.05) is 27.2 Å². The molecule has 0 N–H and O–H groups in total. The fourth-order valence-electron chi connectivity index (χ4n) is 4.01. The summed E-state index contributed by atoms with van der Waals surface area (Å²) < 4.78 is 1.82. The maximum absolute atomic E-state index is 13.3. The van der Waals surface area contributed by atoms with E-state index < -0.39 is 0 Å². The van der Waals surface area contributed by atoms with Gasteiger partial charge in [0.2, 0.25) is 0 Å². The van der Waals surface area contributed by atoms with E-state index in [4.69, 9.17) is 10.4 Å². The van der Waals surface area contributed by atoms with Crippen LogP contribution in [0.1, 0.15) is 34.5 Å². The molecule has 1 aliphatic heterocycles. The molecule has 0 saturated carbocycles. The molecule has 6 heteroatoms. The van der Waals surface area contributed by atoms with Crippen molar-refractivity contribution in [1.29, 1.82) is 5.26 Å². The van der Waals surface area contributed by atoms with Gasteiger partial charge in [0.25, 0.3) is 5.91 Å². The molecule has 2 heterocycles. The quantitative estimate of drug-likeness (QED) is 0.651. The Morgan fingerprint density at radius 2 is 1.84 bits per heavy atom. The van der Waals surface area contributed by atoms with Crippen LogP contribution >= 0.6 is 0 Å². The average molecular weight is 414 g/mol. The summed E-state index contributed by atoms with van der Waals surface area (Å²) in [7, 11) is 4.13. The van der Waals surface area contributed by atoms with Gasteiger partial charge in [0.05, 0.1) is 23.0 Å². The van der Waals surface area contributed by atoms with E-state index >= 15 is 0 Å². The first kappa shape index (κ1) is 20.8. The third kappa shape index (κ3) is 4.37. The number of amides is 1. The predicted octanol–water partition coefficient (Wildman–Crippen LogP) is 3.89. The summed E-state index contributed by atoms with van der Waals surface area (Å²) in [5.74, 6) is -0.0349. The number of likely N-dealkylation sites (tertiary alicyclic amines) is 1. The molecule has 2 aromatic carbocycles. The smallest absolute Gasteiger partial charge is 0.274 e. The van der Waals surface area contributed by atoms with E-state index in [-0.39, 0.29) is 5.91 Å². The van der Waals surface area contributed by atoms with Crippen molar-refractivity contribution in [3.63, 3.8) is 0 Å². The molecule has 0 aliphatic carbocycles. The van der Waals surface area contributed by atoms with E-state index in [2.05, 4.69) is 25.1 Å². The summed E-state index contributed by atoms with van der Waals surface area (Å²) in [5, 5.41) is 13.8. The summed E-state index contributed by atoms with van der Waals surface area (Å²) in [6.07, 6.45) is 2.10. The largest absolute Gasteiger partial charge is 0.336 e. The van der Waals surface area contributed by atoms with E-state index in [0.29, 0.717) is 17.3 Å². The summed E-state index contributed by atoms with van der Waals surface area (Å²) in [4.78, 5) is 17.4. The molecule has 0 bridgehead atoms. The Labute approximate surface area is 183 Å². The Balaban J connectivity index is 1.73. The molecule has 1 amide bonds. The monoisotopic (exact) mass is 413 g/mol. The van der Waals surface area contributed by atoms with Crippen LogP contribution in [-0.4, -0.2) is 58.7 Å². The third-order valence-corrected chi connectivity index (χ3v) is 5.93. The van der Waals surface area contributed by atoms with E-state index in [1.807, 2.05) is 59.0 Å². The number of nitrogens with zero attached hydrogens (tertiary/aromatic N) is 5. The molecule has 1 saturated heterocycles. The van der Waals surface area contributed by atoms with Crippen LogP contribution in [0.3, 0.4) is 0 Å². The SMILES string of the molecule is Cc1ccc(-n2nc(C(=O)N3CCC[C@@H](N(C)C)C3)cc2-c2ccc(C#N)cc2)cc1. The first-order valence-electron chi connectivity index (χ1n) is 10.6. The molecule has 0 radical (unpaired) electrons. The maximum atomic E-state index is 13.3. The second-order valence-corrected chi connectivity index (χ2v) is 8.36. The molecule has 0 unspecified atom stereocenters.